The van der Waals surface area contributed by atoms with Crippen LogP contribution in [0.15, 0.2) is 34.6 Å². The van der Waals surface area contributed by atoms with Gasteiger partial charge in [0.25, 0.3) is 0 Å². The summed E-state index contributed by atoms with van der Waals surface area (Å²) in [5.41, 5.74) is -0.890. The maximum Gasteiger partial charge on any atom is 0.184 e. The molecule has 26 heavy (non-hydrogen) atoms. The molecule has 0 saturated heterocycles. The van der Waals surface area contributed by atoms with Gasteiger partial charge in [0.2, 0.25) is 0 Å². The molecular weight excluding hydrogens is 332 g/mol. The maximum absolute atomic E-state index is 12.9. The van der Waals surface area contributed by atoms with Crippen LogP contribution in [0.25, 0.3) is 0 Å². The van der Waals surface area contributed by atoms with Gasteiger partial charge in [-0.1, -0.05) is 37.1 Å². The van der Waals surface area contributed by atoms with Gasteiger partial charge in [0, 0.05) is 12.3 Å². The zero-order valence-corrected chi connectivity index (χ0v) is 16.5. The summed E-state index contributed by atoms with van der Waals surface area (Å²) in [5, 5.41) is 21.5. The Morgan fingerprint density at radius 1 is 1.15 bits per heavy atom. The van der Waals surface area contributed by atoms with Crippen LogP contribution in [-0.4, -0.2) is 33.2 Å². The zero-order valence-electron chi connectivity index (χ0n) is 16.5. The van der Waals surface area contributed by atoms with Gasteiger partial charge in [-0.3, -0.25) is 14.4 Å². The van der Waals surface area contributed by atoms with Crippen LogP contribution in [0.5, 0.6) is 0 Å². The minimum absolute atomic E-state index is 0.0989. The van der Waals surface area contributed by atoms with E-state index in [0.29, 0.717) is 6.42 Å². The average molecular weight is 362 g/mol. The Bertz CT molecular complexity index is 687. The first-order chi connectivity index (χ1) is 12.0. The molecule has 0 fully saturated rings. The van der Waals surface area contributed by atoms with Gasteiger partial charge in [-0.25, -0.2) is 0 Å². The summed E-state index contributed by atoms with van der Waals surface area (Å²) in [4.78, 5) is 38.4. The Balaban J connectivity index is 3.56. The molecule has 0 amide bonds. The van der Waals surface area contributed by atoms with E-state index in [1.54, 1.807) is 39.8 Å². The molecule has 3 unspecified atom stereocenters. The molecule has 0 aromatic carbocycles. The maximum atomic E-state index is 12.9. The summed E-state index contributed by atoms with van der Waals surface area (Å²) < 4.78 is 0. The van der Waals surface area contributed by atoms with Crippen molar-refractivity contribution in [1.82, 2.24) is 0 Å². The molecule has 0 spiro atoms. The molecule has 1 aliphatic carbocycles. The van der Waals surface area contributed by atoms with Gasteiger partial charge in [0.15, 0.2) is 23.0 Å². The number of rotatable bonds is 7. The first-order valence-corrected chi connectivity index (χ1v) is 9.02. The molecule has 5 nitrogen and oxygen atoms in total. The molecular formula is C21H30O5. The molecule has 2 N–H and O–H groups in total. The largest absolute Gasteiger partial charge is 0.508 e. The van der Waals surface area contributed by atoms with Crippen molar-refractivity contribution in [3.8, 4) is 0 Å². The number of carbonyl (C=O) groups excluding carboxylic acids is 3. The number of allylic oxidation sites excluding steroid dienone is 4. The van der Waals surface area contributed by atoms with Crippen molar-refractivity contribution < 1.29 is 24.6 Å². The third-order valence-electron chi connectivity index (χ3n) is 4.79. The van der Waals surface area contributed by atoms with E-state index in [2.05, 4.69) is 0 Å². The van der Waals surface area contributed by atoms with Crippen LogP contribution in [0.2, 0.25) is 0 Å². The molecule has 0 bridgehead atoms. The lowest BCUT2D eigenvalue weighted by atomic mass is 9.70. The second kappa shape index (κ2) is 8.58. The topological polar surface area (TPSA) is 91.7 Å². The number of aliphatic hydroxyl groups excluding tert-OH is 1. The van der Waals surface area contributed by atoms with Crippen molar-refractivity contribution in [2.24, 2.45) is 11.8 Å². The Morgan fingerprint density at radius 3 is 2.15 bits per heavy atom. The number of hydrogen-bond donors (Lipinski definition) is 2. The van der Waals surface area contributed by atoms with Crippen molar-refractivity contribution >= 4 is 17.3 Å². The van der Waals surface area contributed by atoms with Gasteiger partial charge < -0.3 is 10.2 Å². The Labute approximate surface area is 155 Å². The van der Waals surface area contributed by atoms with E-state index in [-0.39, 0.29) is 12.8 Å². The van der Waals surface area contributed by atoms with Crippen LogP contribution < -0.4 is 0 Å². The summed E-state index contributed by atoms with van der Waals surface area (Å²) in [7, 11) is 0. The van der Waals surface area contributed by atoms with Crippen LogP contribution in [0.4, 0.5) is 0 Å². The summed E-state index contributed by atoms with van der Waals surface area (Å²) in [5.74, 6) is -4.43. The monoisotopic (exact) mass is 362 g/mol. The first-order valence-electron chi connectivity index (χ1n) is 9.02. The summed E-state index contributed by atoms with van der Waals surface area (Å²) in [6, 6.07) is 0. The molecule has 5 heteroatoms. The predicted octanol–water partition coefficient (Wildman–Crippen LogP) is 3.63. The van der Waals surface area contributed by atoms with Gasteiger partial charge in [-0.2, -0.15) is 0 Å². The fourth-order valence-corrected chi connectivity index (χ4v) is 2.81. The first kappa shape index (κ1) is 22.0. The molecule has 3 atom stereocenters. The molecule has 0 radical (unpaired) electrons. The Morgan fingerprint density at radius 2 is 1.69 bits per heavy atom. The van der Waals surface area contributed by atoms with Crippen molar-refractivity contribution in [3.05, 3.63) is 34.6 Å². The molecule has 0 heterocycles. The molecule has 1 rings (SSSR count). The van der Waals surface area contributed by atoms with E-state index in [4.69, 9.17) is 0 Å². The lowest BCUT2D eigenvalue weighted by molar-refractivity contribution is -0.147. The van der Waals surface area contributed by atoms with Gasteiger partial charge in [0.1, 0.15) is 11.3 Å². The van der Waals surface area contributed by atoms with E-state index in [1.165, 1.54) is 0 Å². The van der Waals surface area contributed by atoms with Crippen molar-refractivity contribution in [3.63, 3.8) is 0 Å². The van der Waals surface area contributed by atoms with Crippen molar-refractivity contribution in [2.45, 2.75) is 66.4 Å². The highest BCUT2D eigenvalue weighted by molar-refractivity contribution is 6.29. The third-order valence-corrected chi connectivity index (χ3v) is 4.79. The van der Waals surface area contributed by atoms with Crippen LogP contribution in [0, 0.1) is 11.8 Å². The highest BCUT2D eigenvalue weighted by Crippen LogP contribution is 2.37. The molecule has 0 aromatic heterocycles. The molecule has 144 valence electrons. The lowest BCUT2D eigenvalue weighted by Crippen LogP contribution is -2.52. The minimum atomic E-state index is -2.25. The van der Waals surface area contributed by atoms with Crippen LogP contribution in [-0.2, 0) is 14.4 Å². The fraction of sp³-hybridized carbons (Fsp3) is 0.571. The van der Waals surface area contributed by atoms with Gasteiger partial charge in [0.05, 0.1) is 5.92 Å². The fourth-order valence-electron chi connectivity index (χ4n) is 2.81. The minimum Gasteiger partial charge on any atom is -0.508 e. The van der Waals surface area contributed by atoms with Crippen LogP contribution >= 0.6 is 0 Å². The normalized spacial score (nSPS) is 24.3. The highest BCUT2D eigenvalue weighted by Gasteiger charge is 2.53. The number of ketones is 3. The van der Waals surface area contributed by atoms with E-state index in [1.807, 2.05) is 13.8 Å². The Hall–Kier alpha value is -2.01. The Kier molecular flexibility index (Phi) is 7.27. The van der Waals surface area contributed by atoms with Crippen LogP contribution in [0.1, 0.15) is 60.8 Å². The van der Waals surface area contributed by atoms with Gasteiger partial charge >= 0.3 is 0 Å². The number of hydrogen-bond acceptors (Lipinski definition) is 5. The third kappa shape index (κ3) is 4.39. The van der Waals surface area contributed by atoms with Crippen molar-refractivity contribution in [2.75, 3.05) is 0 Å². The standard InChI is InChI=1S/C21H30O5/c1-7-14(6)17(22)16-18(23)15(9-8-12(2)3)19(24)21(26,20(16)25)11-10-13(4)5/h8,10,14-15,25-26H,7,9,11H2,1-6H3. The average Bonchev–Trinajstić information content (AvgIpc) is 2.57. The highest BCUT2D eigenvalue weighted by atomic mass is 16.3. The van der Waals surface area contributed by atoms with E-state index >= 15 is 0 Å². The van der Waals surface area contributed by atoms with Crippen LogP contribution in [0.3, 0.4) is 0 Å². The van der Waals surface area contributed by atoms with E-state index in [9.17, 15) is 24.6 Å². The quantitative estimate of drug-likeness (QED) is 0.410. The molecule has 0 saturated carbocycles. The predicted molar refractivity (Wildman–Crippen MR) is 101 cm³/mol. The smallest absolute Gasteiger partial charge is 0.184 e. The van der Waals surface area contributed by atoms with E-state index in [0.717, 1.165) is 11.1 Å². The summed E-state index contributed by atoms with van der Waals surface area (Å²) in [6.45, 7) is 10.7. The summed E-state index contributed by atoms with van der Waals surface area (Å²) in [6.07, 6.45) is 3.77. The SMILES string of the molecule is CCC(C)C(=O)C1=C(O)C(O)(CC=C(C)C)C(=O)C(CC=C(C)C)C1=O. The summed E-state index contributed by atoms with van der Waals surface area (Å²) >= 11 is 0. The second-order valence-corrected chi connectivity index (χ2v) is 7.54. The lowest BCUT2D eigenvalue weighted by Gasteiger charge is -2.34. The molecule has 1 aliphatic rings. The number of carbonyl (C=O) groups is 3. The van der Waals surface area contributed by atoms with E-state index < -0.39 is 46.1 Å². The zero-order chi connectivity index (χ0) is 20.2. The number of aliphatic hydroxyl groups is 2. The second-order valence-electron chi connectivity index (χ2n) is 7.54. The van der Waals surface area contributed by atoms with Gasteiger partial charge in [-0.15, -0.1) is 0 Å². The number of Topliss-reactive ketones (excluding diaryl/α,β-unsaturated/α-hetero) is 3. The van der Waals surface area contributed by atoms with Crippen molar-refractivity contribution in [1.29, 1.82) is 0 Å². The van der Waals surface area contributed by atoms with Gasteiger partial charge in [-0.05, 0) is 40.5 Å². The molecule has 0 aromatic rings. The molecule has 0 aliphatic heterocycles.